The van der Waals surface area contributed by atoms with Crippen LogP contribution in [0.2, 0.25) is 5.15 Å². The van der Waals surface area contributed by atoms with Gasteiger partial charge in [-0.05, 0) is 19.1 Å². The van der Waals surface area contributed by atoms with Crippen molar-refractivity contribution in [2.45, 2.75) is 13.5 Å². The monoisotopic (exact) mass is 224 g/mol. The molecule has 1 aromatic heterocycles. The number of benzene rings is 1. The minimum atomic E-state index is -0.957. The molecule has 1 aromatic carbocycles. The third kappa shape index (κ3) is 1.80. The molecule has 0 fully saturated rings. The van der Waals surface area contributed by atoms with Crippen molar-refractivity contribution in [3.8, 4) is 0 Å². The highest BCUT2D eigenvalue weighted by molar-refractivity contribution is 6.34. The maximum atomic E-state index is 10.5. The van der Waals surface area contributed by atoms with Crippen LogP contribution in [-0.4, -0.2) is 20.9 Å². The zero-order valence-electron chi connectivity index (χ0n) is 8.07. The van der Waals surface area contributed by atoms with E-state index >= 15 is 0 Å². The second-order valence-corrected chi connectivity index (χ2v) is 3.72. The number of aromatic nitrogens is 2. The third-order valence-corrected chi connectivity index (χ3v) is 2.51. The van der Waals surface area contributed by atoms with E-state index < -0.39 is 5.97 Å². The van der Waals surface area contributed by atoms with Gasteiger partial charge in [0.2, 0.25) is 0 Å². The van der Waals surface area contributed by atoms with Crippen LogP contribution in [0, 0.1) is 6.92 Å². The molecule has 78 valence electrons. The first-order valence-electron chi connectivity index (χ1n) is 4.42. The molecule has 1 heterocycles. The van der Waals surface area contributed by atoms with Gasteiger partial charge in [0.15, 0.2) is 0 Å². The van der Waals surface area contributed by atoms with E-state index in [9.17, 15) is 4.79 Å². The van der Waals surface area contributed by atoms with Crippen molar-refractivity contribution in [3.05, 3.63) is 28.9 Å². The van der Waals surface area contributed by atoms with Gasteiger partial charge in [-0.1, -0.05) is 23.2 Å². The molecule has 0 aliphatic carbocycles. The fourth-order valence-electron chi connectivity index (χ4n) is 1.45. The van der Waals surface area contributed by atoms with E-state index in [0.29, 0.717) is 10.7 Å². The summed E-state index contributed by atoms with van der Waals surface area (Å²) in [5, 5.41) is 13.9. The Hall–Kier alpha value is -1.55. The van der Waals surface area contributed by atoms with Gasteiger partial charge in [-0.25, -0.2) is 4.68 Å². The van der Waals surface area contributed by atoms with Crippen LogP contribution in [0.25, 0.3) is 10.9 Å². The molecule has 1 N–H and O–H groups in total. The van der Waals surface area contributed by atoms with Crippen molar-refractivity contribution in [1.29, 1.82) is 0 Å². The van der Waals surface area contributed by atoms with Crippen LogP contribution in [0.3, 0.4) is 0 Å². The lowest BCUT2D eigenvalue weighted by Crippen LogP contribution is -2.09. The van der Waals surface area contributed by atoms with Crippen molar-refractivity contribution in [2.75, 3.05) is 0 Å². The van der Waals surface area contributed by atoms with Crippen molar-refractivity contribution < 1.29 is 9.90 Å². The number of carbonyl (C=O) groups is 1. The summed E-state index contributed by atoms with van der Waals surface area (Å²) in [5.74, 6) is -0.957. The number of nitrogens with zero attached hydrogens (tertiary/aromatic N) is 2. The van der Waals surface area contributed by atoms with Gasteiger partial charge in [-0.15, -0.1) is 0 Å². The minimum absolute atomic E-state index is 0.216. The molecule has 2 rings (SSSR count). The van der Waals surface area contributed by atoms with Gasteiger partial charge < -0.3 is 5.11 Å². The molecule has 0 unspecified atom stereocenters. The Morgan fingerprint density at radius 1 is 1.60 bits per heavy atom. The normalized spacial score (nSPS) is 10.8. The highest BCUT2D eigenvalue weighted by Gasteiger charge is 2.11. The highest BCUT2D eigenvalue weighted by atomic mass is 35.5. The molecular formula is C10H9ClN2O2. The summed E-state index contributed by atoms with van der Waals surface area (Å²) < 4.78 is 1.29. The predicted molar refractivity (Wildman–Crippen MR) is 57.1 cm³/mol. The first-order chi connectivity index (χ1) is 7.08. The van der Waals surface area contributed by atoms with Crippen LogP contribution in [0.1, 0.15) is 5.56 Å². The maximum absolute atomic E-state index is 10.5. The van der Waals surface area contributed by atoms with Crippen LogP contribution in [0.5, 0.6) is 0 Å². The Labute approximate surface area is 91.1 Å². The molecule has 5 heteroatoms. The number of carboxylic acids is 1. The number of hydrogen-bond acceptors (Lipinski definition) is 2. The van der Waals surface area contributed by atoms with E-state index in [-0.39, 0.29) is 6.54 Å². The number of aryl methyl sites for hydroxylation is 1. The second-order valence-electron chi connectivity index (χ2n) is 3.36. The van der Waals surface area contributed by atoms with Crippen LogP contribution < -0.4 is 0 Å². The first-order valence-corrected chi connectivity index (χ1v) is 4.80. The van der Waals surface area contributed by atoms with Crippen molar-refractivity contribution in [2.24, 2.45) is 0 Å². The second kappa shape index (κ2) is 3.55. The van der Waals surface area contributed by atoms with E-state index in [1.165, 1.54) is 4.68 Å². The Kier molecular flexibility index (Phi) is 2.36. The average molecular weight is 225 g/mol. The molecule has 0 bridgehead atoms. The number of aliphatic carboxylic acids is 1. The number of fused-ring (bicyclic) bond motifs is 1. The summed E-state index contributed by atoms with van der Waals surface area (Å²) in [4.78, 5) is 10.5. The summed E-state index contributed by atoms with van der Waals surface area (Å²) in [7, 11) is 0. The van der Waals surface area contributed by atoms with Gasteiger partial charge in [0.1, 0.15) is 11.7 Å². The Bertz CT molecular complexity index is 533. The van der Waals surface area contributed by atoms with Gasteiger partial charge >= 0.3 is 5.97 Å². The van der Waals surface area contributed by atoms with Crippen LogP contribution in [0.4, 0.5) is 0 Å². The van der Waals surface area contributed by atoms with Crippen molar-refractivity contribution >= 4 is 28.5 Å². The summed E-state index contributed by atoms with van der Waals surface area (Å²) in [6, 6.07) is 5.63. The summed E-state index contributed by atoms with van der Waals surface area (Å²) in [5.41, 5.74) is 1.78. The summed E-state index contributed by atoms with van der Waals surface area (Å²) >= 11 is 6.01. The van der Waals surface area contributed by atoms with Crippen LogP contribution in [-0.2, 0) is 11.3 Å². The zero-order valence-corrected chi connectivity index (χ0v) is 8.82. The summed E-state index contributed by atoms with van der Waals surface area (Å²) in [6.45, 7) is 1.73. The highest BCUT2D eigenvalue weighted by Crippen LogP contribution is 2.23. The smallest absolute Gasteiger partial charge is 0.325 e. The standard InChI is InChI=1S/C10H9ClN2O2/c1-6-2-3-8-7(4-6)10(11)13(12-8)5-9(14)15/h2-4H,5H2,1H3,(H,14,15). The lowest BCUT2D eigenvalue weighted by molar-refractivity contribution is -0.137. The number of rotatable bonds is 2. The Morgan fingerprint density at radius 2 is 2.33 bits per heavy atom. The molecule has 2 aromatic rings. The SMILES string of the molecule is Cc1ccc2nn(CC(=O)O)c(Cl)c2c1. The molecule has 4 nitrogen and oxygen atoms in total. The molecule has 0 amide bonds. The molecule has 0 saturated heterocycles. The maximum Gasteiger partial charge on any atom is 0.325 e. The Balaban J connectivity index is 2.59. The number of halogens is 1. The predicted octanol–water partition coefficient (Wildman–Crippen LogP) is 2.08. The fourth-order valence-corrected chi connectivity index (χ4v) is 1.70. The first kappa shape index (κ1) is 9.98. The van der Waals surface area contributed by atoms with Gasteiger partial charge in [0.25, 0.3) is 0 Å². The average Bonchev–Trinajstić information content (AvgIpc) is 2.44. The van der Waals surface area contributed by atoms with Crippen LogP contribution in [0.15, 0.2) is 18.2 Å². The van der Waals surface area contributed by atoms with E-state index in [1.54, 1.807) is 0 Å². The largest absolute Gasteiger partial charge is 0.480 e. The fraction of sp³-hybridized carbons (Fsp3) is 0.200. The molecule has 0 aliphatic rings. The van der Waals surface area contributed by atoms with E-state index in [0.717, 1.165) is 10.9 Å². The van der Waals surface area contributed by atoms with E-state index in [2.05, 4.69) is 5.10 Å². The molecule has 15 heavy (non-hydrogen) atoms. The number of hydrogen-bond donors (Lipinski definition) is 1. The van der Waals surface area contributed by atoms with Crippen molar-refractivity contribution in [3.63, 3.8) is 0 Å². The molecule has 0 radical (unpaired) electrons. The Morgan fingerprint density at radius 3 is 3.00 bits per heavy atom. The lowest BCUT2D eigenvalue weighted by Gasteiger charge is -1.96. The van der Waals surface area contributed by atoms with Gasteiger partial charge in [-0.2, -0.15) is 5.10 Å². The molecular weight excluding hydrogens is 216 g/mol. The van der Waals surface area contributed by atoms with Gasteiger partial charge in [-0.3, -0.25) is 4.79 Å². The van der Waals surface area contributed by atoms with Crippen molar-refractivity contribution in [1.82, 2.24) is 9.78 Å². The minimum Gasteiger partial charge on any atom is -0.480 e. The van der Waals surface area contributed by atoms with E-state index in [1.807, 2.05) is 25.1 Å². The quantitative estimate of drug-likeness (QED) is 0.850. The topological polar surface area (TPSA) is 55.1 Å². The van der Waals surface area contributed by atoms with Crippen LogP contribution >= 0.6 is 11.6 Å². The molecule has 0 saturated carbocycles. The zero-order chi connectivity index (χ0) is 11.0. The molecule has 0 aliphatic heterocycles. The van der Waals surface area contributed by atoms with E-state index in [4.69, 9.17) is 16.7 Å². The van der Waals surface area contributed by atoms with Gasteiger partial charge in [0.05, 0.1) is 5.52 Å². The summed E-state index contributed by atoms with van der Waals surface area (Å²) in [6.07, 6.45) is 0. The van der Waals surface area contributed by atoms with Gasteiger partial charge in [0, 0.05) is 5.39 Å². The lowest BCUT2D eigenvalue weighted by atomic mass is 10.2. The molecule has 0 atom stereocenters. The number of carboxylic acid groups (broad SMARTS) is 1. The third-order valence-electron chi connectivity index (χ3n) is 2.11. The molecule has 0 spiro atoms.